The average Bonchev–Trinajstić information content (AvgIpc) is 2.76. The molecule has 2 aliphatic rings. The Kier molecular flexibility index (Phi) is 3.61. The first kappa shape index (κ1) is 11.6. The lowest BCUT2D eigenvalue weighted by molar-refractivity contribution is 0.204. The highest BCUT2D eigenvalue weighted by molar-refractivity contribution is 5.85. The maximum Gasteiger partial charge on any atom is 0.317 e. The van der Waals surface area contributed by atoms with Crippen LogP contribution in [-0.2, 0) is 0 Å². The van der Waals surface area contributed by atoms with Crippen molar-refractivity contribution in [2.45, 2.75) is 12.8 Å². The molecule has 1 spiro atoms. The minimum absolute atomic E-state index is 0. The molecule has 0 bridgehead atoms. The topological polar surface area (TPSA) is 44.4 Å². The van der Waals surface area contributed by atoms with E-state index in [0.29, 0.717) is 5.41 Å². The molecule has 2 saturated heterocycles. The molecule has 0 aliphatic carbocycles. The molecular weight excluding hydrogens is 202 g/mol. The van der Waals surface area contributed by atoms with Gasteiger partial charge in [-0.3, -0.25) is 0 Å². The number of amides is 2. The highest BCUT2D eigenvalue weighted by Crippen LogP contribution is 2.35. The number of urea groups is 1. The molecule has 5 heteroatoms. The van der Waals surface area contributed by atoms with Crippen LogP contribution in [-0.4, -0.2) is 44.2 Å². The third-order valence-electron chi connectivity index (χ3n) is 3.27. The normalized spacial score (nSPS) is 30.5. The van der Waals surface area contributed by atoms with E-state index in [-0.39, 0.29) is 18.4 Å². The molecule has 2 rings (SSSR count). The maximum absolute atomic E-state index is 11.3. The van der Waals surface area contributed by atoms with E-state index in [4.69, 9.17) is 0 Å². The first-order valence-corrected chi connectivity index (χ1v) is 4.93. The van der Waals surface area contributed by atoms with E-state index in [2.05, 4.69) is 10.6 Å². The summed E-state index contributed by atoms with van der Waals surface area (Å²) in [5, 5.41) is 6.05. The maximum atomic E-state index is 11.3. The fraction of sp³-hybridized carbons (Fsp3) is 0.889. The molecule has 2 heterocycles. The molecule has 2 aliphatic heterocycles. The number of carbonyl (C=O) groups excluding carboxylic acids is 1. The lowest BCUT2D eigenvalue weighted by Gasteiger charge is -2.22. The molecule has 82 valence electrons. The molecule has 2 amide bonds. The number of halogens is 1. The second kappa shape index (κ2) is 4.36. The Morgan fingerprint density at radius 2 is 2.29 bits per heavy atom. The minimum Gasteiger partial charge on any atom is -0.341 e. The Hall–Kier alpha value is -0.480. The molecule has 2 fully saturated rings. The number of rotatable bonds is 0. The van der Waals surface area contributed by atoms with Crippen molar-refractivity contribution in [1.29, 1.82) is 0 Å². The molecule has 0 radical (unpaired) electrons. The fourth-order valence-corrected chi connectivity index (χ4v) is 2.41. The summed E-state index contributed by atoms with van der Waals surface area (Å²) in [6, 6.07) is 0.0729. The van der Waals surface area contributed by atoms with E-state index < -0.39 is 0 Å². The standard InChI is InChI=1S/C9H17N3O.ClH/c1-10-8(13)12-5-3-9(7-12)2-4-11-6-9;/h11H,2-7H2,1H3,(H,10,13);1H. The van der Waals surface area contributed by atoms with Gasteiger partial charge in [0.05, 0.1) is 0 Å². The van der Waals surface area contributed by atoms with E-state index in [9.17, 15) is 4.79 Å². The van der Waals surface area contributed by atoms with Crippen LogP contribution in [0.25, 0.3) is 0 Å². The average molecular weight is 220 g/mol. The van der Waals surface area contributed by atoms with Gasteiger partial charge >= 0.3 is 6.03 Å². The van der Waals surface area contributed by atoms with Crippen LogP contribution in [0.4, 0.5) is 4.79 Å². The summed E-state index contributed by atoms with van der Waals surface area (Å²) in [6.45, 7) is 4.04. The van der Waals surface area contributed by atoms with Crippen molar-refractivity contribution < 1.29 is 4.79 Å². The zero-order valence-corrected chi connectivity index (χ0v) is 9.32. The van der Waals surface area contributed by atoms with Crippen molar-refractivity contribution in [3.63, 3.8) is 0 Å². The lowest BCUT2D eigenvalue weighted by Crippen LogP contribution is -2.38. The number of hydrogen-bond donors (Lipinski definition) is 2. The molecular formula is C9H18ClN3O. The van der Waals surface area contributed by atoms with Crippen molar-refractivity contribution in [3.8, 4) is 0 Å². The Morgan fingerprint density at radius 1 is 1.50 bits per heavy atom. The van der Waals surface area contributed by atoms with Crippen LogP contribution in [0.15, 0.2) is 0 Å². The predicted molar refractivity (Wildman–Crippen MR) is 57.8 cm³/mol. The number of carbonyl (C=O) groups is 1. The molecule has 1 unspecified atom stereocenters. The van der Waals surface area contributed by atoms with Crippen molar-refractivity contribution in [2.75, 3.05) is 33.2 Å². The molecule has 4 nitrogen and oxygen atoms in total. The van der Waals surface area contributed by atoms with Crippen LogP contribution in [0.5, 0.6) is 0 Å². The second-order valence-corrected chi connectivity index (χ2v) is 4.15. The van der Waals surface area contributed by atoms with Gasteiger partial charge in [0.2, 0.25) is 0 Å². The highest BCUT2D eigenvalue weighted by atomic mass is 35.5. The van der Waals surface area contributed by atoms with Crippen molar-refractivity contribution in [3.05, 3.63) is 0 Å². The van der Waals surface area contributed by atoms with E-state index in [1.54, 1.807) is 7.05 Å². The van der Waals surface area contributed by atoms with Crippen LogP contribution < -0.4 is 10.6 Å². The third-order valence-corrected chi connectivity index (χ3v) is 3.27. The van der Waals surface area contributed by atoms with Gasteiger partial charge in [-0.25, -0.2) is 4.79 Å². The monoisotopic (exact) mass is 219 g/mol. The SMILES string of the molecule is CNC(=O)N1CCC2(CCNC2)C1.Cl. The van der Waals surface area contributed by atoms with Crippen LogP contribution in [0.2, 0.25) is 0 Å². The van der Waals surface area contributed by atoms with Gasteiger partial charge < -0.3 is 15.5 Å². The Morgan fingerprint density at radius 3 is 2.86 bits per heavy atom. The smallest absolute Gasteiger partial charge is 0.317 e. The quantitative estimate of drug-likeness (QED) is 0.621. The van der Waals surface area contributed by atoms with Crippen molar-refractivity contribution >= 4 is 18.4 Å². The first-order chi connectivity index (χ1) is 6.26. The van der Waals surface area contributed by atoms with Crippen LogP contribution >= 0.6 is 12.4 Å². The summed E-state index contributed by atoms with van der Waals surface area (Å²) in [7, 11) is 1.69. The van der Waals surface area contributed by atoms with Crippen LogP contribution in [0.1, 0.15) is 12.8 Å². The second-order valence-electron chi connectivity index (χ2n) is 4.15. The number of hydrogen-bond acceptors (Lipinski definition) is 2. The molecule has 2 N–H and O–H groups in total. The Bertz CT molecular complexity index is 216. The van der Waals surface area contributed by atoms with Crippen LogP contribution in [0, 0.1) is 5.41 Å². The zero-order chi connectivity index (χ0) is 9.31. The van der Waals surface area contributed by atoms with E-state index in [1.807, 2.05) is 4.90 Å². The van der Waals surface area contributed by atoms with Gasteiger partial charge in [-0.05, 0) is 19.4 Å². The lowest BCUT2D eigenvalue weighted by atomic mass is 9.87. The summed E-state index contributed by atoms with van der Waals surface area (Å²) in [5.74, 6) is 0. The fourth-order valence-electron chi connectivity index (χ4n) is 2.41. The van der Waals surface area contributed by atoms with E-state index in [0.717, 1.165) is 32.6 Å². The van der Waals surface area contributed by atoms with Crippen LogP contribution in [0.3, 0.4) is 0 Å². The summed E-state index contributed by atoms with van der Waals surface area (Å²) >= 11 is 0. The number of nitrogens with zero attached hydrogens (tertiary/aromatic N) is 1. The van der Waals surface area contributed by atoms with Gasteiger partial charge in [0.15, 0.2) is 0 Å². The van der Waals surface area contributed by atoms with Gasteiger partial charge in [-0.15, -0.1) is 12.4 Å². The molecule has 0 aromatic carbocycles. The summed E-state index contributed by atoms with van der Waals surface area (Å²) < 4.78 is 0. The third kappa shape index (κ3) is 1.96. The van der Waals surface area contributed by atoms with Crippen molar-refractivity contribution in [1.82, 2.24) is 15.5 Å². The highest BCUT2D eigenvalue weighted by Gasteiger charge is 2.41. The van der Waals surface area contributed by atoms with Gasteiger partial charge in [-0.1, -0.05) is 0 Å². The number of nitrogens with one attached hydrogen (secondary N) is 2. The first-order valence-electron chi connectivity index (χ1n) is 4.93. The molecule has 0 aromatic rings. The molecule has 0 saturated carbocycles. The summed E-state index contributed by atoms with van der Waals surface area (Å²) in [6.07, 6.45) is 2.38. The minimum atomic E-state index is 0. The molecule has 1 atom stereocenters. The van der Waals surface area contributed by atoms with E-state index in [1.165, 1.54) is 6.42 Å². The summed E-state index contributed by atoms with van der Waals surface area (Å²) in [4.78, 5) is 13.3. The predicted octanol–water partition coefficient (Wildman–Crippen LogP) is 0.433. The Balaban J connectivity index is 0.000000980. The van der Waals surface area contributed by atoms with Gasteiger partial charge in [0.1, 0.15) is 0 Å². The largest absolute Gasteiger partial charge is 0.341 e. The Labute approximate surface area is 90.8 Å². The molecule has 0 aromatic heterocycles. The number of likely N-dealkylation sites (tertiary alicyclic amines) is 1. The summed E-state index contributed by atoms with van der Waals surface area (Å²) in [5.41, 5.74) is 0.395. The van der Waals surface area contributed by atoms with Gasteiger partial charge in [0, 0.05) is 32.1 Å². The van der Waals surface area contributed by atoms with Gasteiger partial charge in [0.25, 0.3) is 0 Å². The molecule has 14 heavy (non-hydrogen) atoms. The van der Waals surface area contributed by atoms with E-state index >= 15 is 0 Å². The van der Waals surface area contributed by atoms with Gasteiger partial charge in [-0.2, -0.15) is 0 Å². The van der Waals surface area contributed by atoms with Crippen molar-refractivity contribution in [2.24, 2.45) is 5.41 Å². The zero-order valence-electron chi connectivity index (χ0n) is 8.51.